The van der Waals surface area contributed by atoms with Gasteiger partial charge in [0.25, 0.3) is 10.2 Å². The Balaban J connectivity index is 2.79. The molecule has 2 unspecified atom stereocenters. The van der Waals surface area contributed by atoms with Crippen molar-refractivity contribution in [3.05, 3.63) is 0 Å². The van der Waals surface area contributed by atoms with Crippen molar-refractivity contribution >= 4 is 16.2 Å². The summed E-state index contributed by atoms with van der Waals surface area (Å²) in [5.74, 6) is -1.05. The molecule has 1 heterocycles. The Morgan fingerprint density at radius 2 is 2.16 bits per heavy atom. The normalized spacial score (nSPS) is 24.9. The third-order valence-corrected chi connectivity index (χ3v) is 5.28. The highest BCUT2D eigenvalue weighted by Gasteiger charge is 2.33. The Morgan fingerprint density at radius 1 is 1.53 bits per heavy atom. The van der Waals surface area contributed by atoms with E-state index in [1.54, 1.807) is 6.92 Å². The zero-order chi connectivity index (χ0) is 14.6. The maximum Gasteiger partial charge on any atom is 0.322 e. The van der Waals surface area contributed by atoms with Crippen molar-refractivity contribution in [1.82, 2.24) is 9.03 Å². The van der Waals surface area contributed by atoms with Gasteiger partial charge >= 0.3 is 5.97 Å². The first kappa shape index (κ1) is 16.4. The second kappa shape index (κ2) is 6.67. The fraction of sp³-hybridized carbons (Fsp3) is 0.917. The van der Waals surface area contributed by atoms with E-state index in [0.29, 0.717) is 25.4 Å². The van der Waals surface area contributed by atoms with E-state index in [-0.39, 0.29) is 5.92 Å². The molecule has 0 aromatic carbocycles. The Bertz CT molecular complexity index is 410. The first-order valence-electron chi connectivity index (χ1n) is 6.78. The summed E-state index contributed by atoms with van der Waals surface area (Å²) in [5.41, 5.74) is 0. The monoisotopic (exact) mass is 292 g/mol. The van der Waals surface area contributed by atoms with Gasteiger partial charge in [-0.3, -0.25) is 4.79 Å². The average Bonchev–Trinajstić information content (AvgIpc) is 2.35. The lowest BCUT2D eigenvalue weighted by molar-refractivity contribution is -0.140. The lowest BCUT2D eigenvalue weighted by Crippen LogP contribution is -2.52. The summed E-state index contributed by atoms with van der Waals surface area (Å²) < 4.78 is 28.1. The number of hydrogen-bond donors (Lipinski definition) is 2. The summed E-state index contributed by atoms with van der Waals surface area (Å²) in [6.45, 7) is 6.51. The quantitative estimate of drug-likeness (QED) is 0.766. The van der Waals surface area contributed by atoms with Crippen molar-refractivity contribution < 1.29 is 18.3 Å². The summed E-state index contributed by atoms with van der Waals surface area (Å²) >= 11 is 0. The number of carbonyl (C=O) groups is 1. The van der Waals surface area contributed by atoms with Gasteiger partial charge in [-0.15, -0.1) is 0 Å². The molecule has 0 aromatic heterocycles. The minimum atomic E-state index is -3.71. The predicted octanol–water partition coefficient (Wildman–Crippen LogP) is 1.05. The molecule has 0 bridgehead atoms. The van der Waals surface area contributed by atoms with Crippen molar-refractivity contribution in [2.24, 2.45) is 11.8 Å². The largest absolute Gasteiger partial charge is 0.480 e. The van der Waals surface area contributed by atoms with Crippen molar-refractivity contribution in [1.29, 1.82) is 0 Å². The maximum absolute atomic E-state index is 12.2. The highest BCUT2D eigenvalue weighted by molar-refractivity contribution is 7.87. The Labute approximate surface area is 115 Å². The highest BCUT2D eigenvalue weighted by atomic mass is 32.2. The molecule has 1 aliphatic heterocycles. The van der Waals surface area contributed by atoms with Crippen LogP contribution in [0, 0.1) is 11.8 Å². The number of nitrogens with one attached hydrogen (secondary N) is 1. The summed E-state index contributed by atoms with van der Waals surface area (Å²) in [7, 11) is -3.71. The van der Waals surface area contributed by atoms with Crippen LogP contribution < -0.4 is 4.72 Å². The van der Waals surface area contributed by atoms with Gasteiger partial charge in [-0.05, 0) is 24.7 Å². The molecule has 2 N–H and O–H groups in total. The molecule has 0 spiro atoms. The van der Waals surface area contributed by atoms with Crippen LogP contribution in [0.1, 0.15) is 40.0 Å². The lowest BCUT2D eigenvalue weighted by atomic mass is 10.0. The molecule has 19 heavy (non-hydrogen) atoms. The van der Waals surface area contributed by atoms with Crippen LogP contribution in [0.5, 0.6) is 0 Å². The molecule has 1 saturated heterocycles. The summed E-state index contributed by atoms with van der Waals surface area (Å²) in [4.78, 5) is 11.2. The minimum Gasteiger partial charge on any atom is -0.480 e. The van der Waals surface area contributed by atoms with Crippen LogP contribution in [0.2, 0.25) is 0 Å². The zero-order valence-corrected chi connectivity index (χ0v) is 12.6. The molecule has 3 atom stereocenters. The topological polar surface area (TPSA) is 86.7 Å². The van der Waals surface area contributed by atoms with Crippen LogP contribution in [-0.2, 0) is 15.0 Å². The van der Waals surface area contributed by atoms with E-state index in [9.17, 15) is 13.2 Å². The third kappa shape index (κ3) is 4.43. The molecule has 6 nitrogen and oxygen atoms in total. The van der Waals surface area contributed by atoms with Gasteiger partial charge in [-0.2, -0.15) is 17.4 Å². The van der Waals surface area contributed by atoms with Crippen molar-refractivity contribution in [2.45, 2.75) is 46.1 Å². The van der Waals surface area contributed by atoms with Gasteiger partial charge in [-0.1, -0.05) is 27.2 Å². The SMILES string of the molecule is CCC(C)[C@H](NS(=O)(=O)N1CCCC(C)C1)C(=O)O. The van der Waals surface area contributed by atoms with E-state index in [4.69, 9.17) is 5.11 Å². The van der Waals surface area contributed by atoms with Gasteiger partial charge in [0.15, 0.2) is 0 Å². The van der Waals surface area contributed by atoms with Gasteiger partial charge in [0.05, 0.1) is 0 Å². The fourth-order valence-electron chi connectivity index (χ4n) is 2.25. The molecule has 0 aliphatic carbocycles. The highest BCUT2D eigenvalue weighted by Crippen LogP contribution is 2.19. The van der Waals surface area contributed by atoms with Gasteiger partial charge in [-0.25, -0.2) is 0 Å². The molecular formula is C12H24N2O4S. The van der Waals surface area contributed by atoms with Gasteiger partial charge in [0.2, 0.25) is 0 Å². The number of piperidine rings is 1. The molecular weight excluding hydrogens is 268 g/mol. The number of aliphatic carboxylic acids is 1. The van der Waals surface area contributed by atoms with E-state index >= 15 is 0 Å². The van der Waals surface area contributed by atoms with E-state index in [1.807, 2.05) is 13.8 Å². The molecule has 1 aliphatic rings. The summed E-state index contributed by atoms with van der Waals surface area (Å²) in [6.07, 6.45) is 2.44. The smallest absolute Gasteiger partial charge is 0.322 e. The fourth-order valence-corrected chi connectivity index (χ4v) is 3.87. The summed E-state index contributed by atoms with van der Waals surface area (Å²) in [5, 5.41) is 9.14. The van der Waals surface area contributed by atoms with E-state index < -0.39 is 22.2 Å². The molecule has 0 radical (unpaired) electrons. The summed E-state index contributed by atoms with van der Waals surface area (Å²) in [6, 6.07) is -1.06. The zero-order valence-electron chi connectivity index (χ0n) is 11.8. The number of nitrogens with zero attached hydrogens (tertiary/aromatic N) is 1. The Kier molecular flexibility index (Phi) is 5.76. The number of carboxylic acid groups (broad SMARTS) is 1. The number of carboxylic acids is 1. The first-order valence-corrected chi connectivity index (χ1v) is 8.22. The van der Waals surface area contributed by atoms with Crippen molar-refractivity contribution in [3.63, 3.8) is 0 Å². The van der Waals surface area contributed by atoms with Crippen molar-refractivity contribution in [3.8, 4) is 0 Å². The van der Waals surface area contributed by atoms with E-state index in [1.165, 1.54) is 4.31 Å². The van der Waals surface area contributed by atoms with Crippen LogP contribution in [0.25, 0.3) is 0 Å². The van der Waals surface area contributed by atoms with Crippen LogP contribution in [0.3, 0.4) is 0 Å². The lowest BCUT2D eigenvalue weighted by Gasteiger charge is -2.31. The maximum atomic E-state index is 12.2. The van der Waals surface area contributed by atoms with E-state index in [2.05, 4.69) is 4.72 Å². The standard InChI is InChI=1S/C12H24N2O4S/c1-4-10(3)11(12(15)16)13-19(17,18)14-7-5-6-9(2)8-14/h9-11,13H,4-8H2,1-3H3,(H,15,16)/t9?,10?,11-/m0/s1. The second-order valence-corrected chi connectivity index (χ2v) is 7.13. The van der Waals surface area contributed by atoms with Crippen LogP contribution in [-0.4, -0.2) is 42.9 Å². The molecule has 0 aromatic rings. The predicted molar refractivity (Wildman–Crippen MR) is 72.9 cm³/mol. The van der Waals surface area contributed by atoms with Crippen LogP contribution in [0.15, 0.2) is 0 Å². The average molecular weight is 292 g/mol. The Morgan fingerprint density at radius 3 is 2.63 bits per heavy atom. The second-order valence-electron chi connectivity index (χ2n) is 5.43. The third-order valence-electron chi connectivity index (χ3n) is 3.71. The van der Waals surface area contributed by atoms with Crippen molar-refractivity contribution in [2.75, 3.05) is 13.1 Å². The first-order chi connectivity index (χ1) is 8.77. The van der Waals surface area contributed by atoms with Crippen LogP contribution in [0.4, 0.5) is 0 Å². The molecule has 1 rings (SSSR count). The van der Waals surface area contributed by atoms with Gasteiger partial charge in [0.1, 0.15) is 6.04 Å². The Hall–Kier alpha value is -0.660. The molecule has 0 saturated carbocycles. The molecule has 7 heteroatoms. The van der Waals surface area contributed by atoms with Gasteiger partial charge < -0.3 is 5.11 Å². The van der Waals surface area contributed by atoms with E-state index in [0.717, 1.165) is 12.8 Å². The molecule has 112 valence electrons. The number of hydrogen-bond acceptors (Lipinski definition) is 3. The molecule has 1 fully saturated rings. The minimum absolute atomic E-state index is 0.241. The molecule has 0 amide bonds. The van der Waals surface area contributed by atoms with Gasteiger partial charge in [0, 0.05) is 13.1 Å². The number of rotatable bonds is 6. The van der Waals surface area contributed by atoms with Crippen LogP contribution >= 0.6 is 0 Å².